The Balaban J connectivity index is 2.26. The van der Waals surface area contributed by atoms with Crippen molar-refractivity contribution in [1.29, 1.82) is 0 Å². The molecule has 2 aliphatic carbocycles. The predicted molar refractivity (Wildman–Crippen MR) is 80.4 cm³/mol. The van der Waals surface area contributed by atoms with Crippen molar-refractivity contribution >= 4 is 25.3 Å². The maximum absolute atomic E-state index is 4.61. The van der Waals surface area contributed by atoms with E-state index in [0.717, 1.165) is 17.9 Å². The lowest BCUT2D eigenvalue weighted by atomic mass is 9.78. The molecule has 0 nitrogen and oxygen atoms in total. The molecule has 1 atom stereocenters. The number of hydrogen-bond acceptors (Lipinski definition) is 2. The summed E-state index contributed by atoms with van der Waals surface area (Å²) in [5, 5.41) is 0. The molecule has 1 unspecified atom stereocenters. The first-order valence-electron chi connectivity index (χ1n) is 6.02. The molecule has 0 radical (unpaired) electrons. The molecular weight excluding hydrogens is 244 g/mol. The summed E-state index contributed by atoms with van der Waals surface area (Å²) < 4.78 is 0. The molecular formula is C15H16S2. The standard InChI is InChI=1S/C15H16S2/c16-9-15(10-17)13-7-3-1-5-11(13)12-6-2-4-8-14(12)15/h1-5,7-8,12,16-17H,6,9-10H2. The molecule has 2 heteroatoms. The summed E-state index contributed by atoms with van der Waals surface area (Å²) in [7, 11) is 0. The van der Waals surface area contributed by atoms with Crippen LogP contribution in [0.1, 0.15) is 23.5 Å². The third-order valence-electron chi connectivity index (χ3n) is 4.10. The molecule has 0 spiro atoms. The van der Waals surface area contributed by atoms with Crippen LogP contribution in [0.3, 0.4) is 0 Å². The monoisotopic (exact) mass is 260 g/mol. The second-order valence-corrected chi connectivity index (χ2v) is 5.46. The Morgan fingerprint density at radius 2 is 1.94 bits per heavy atom. The van der Waals surface area contributed by atoms with Crippen LogP contribution in [-0.4, -0.2) is 11.5 Å². The molecule has 0 aliphatic heterocycles. The Labute approximate surface area is 114 Å². The average molecular weight is 260 g/mol. The fraction of sp³-hybridized carbons (Fsp3) is 0.333. The van der Waals surface area contributed by atoms with Gasteiger partial charge in [0.05, 0.1) is 0 Å². The number of benzene rings is 1. The topological polar surface area (TPSA) is 0 Å². The summed E-state index contributed by atoms with van der Waals surface area (Å²) >= 11 is 9.22. The molecule has 1 aromatic rings. The lowest BCUT2D eigenvalue weighted by Crippen LogP contribution is -2.30. The molecule has 0 heterocycles. The van der Waals surface area contributed by atoms with Crippen LogP contribution in [-0.2, 0) is 5.41 Å². The van der Waals surface area contributed by atoms with Gasteiger partial charge in [-0.1, -0.05) is 48.1 Å². The van der Waals surface area contributed by atoms with Crippen molar-refractivity contribution in [2.24, 2.45) is 0 Å². The Morgan fingerprint density at radius 3 is 2.71 bits per heavy atom. The minimum atomic E-state index is 0.0399. The Bertz CT molecular complexity index is 495. The van der Waals surface area contributed by atoms with Crippen LogP contribution in [0.25, 0.3) is 0 Å². The predicted octanol–water partition coefficient (Wildman–Crippen LogP) is 3.77. The van der Waals surface area contributed by atoms with E-state index in [2.05, 4.69) is 67.8 Å². The van der Waals surface area contributed by atoms with E-state index >= 15 is 0 Å². The van der Waals surface area contributed by atoms with Crippen LogP contribution in [0, 0.1) is 0 Å². The van der Waals surface area contributed by atoms with Gasteiger partial charge in [-0.25, -0.2) is 0 Å². The summed E-state index contributed by atoms with van der Waals surface area (Å²) in [5.41, 5.74) is 4.46. The molecule has 17 heavy (non-hydrogen) atoms. The van der Waals surface area contributed by atoms with Crippen molar-refractivity contribution < 1.29 is 0 Å². The van der Waals surface area contributed by atoms with E-state index in [1.807, 2.05) is 0 Å². The summed E-state index contributed by atoms with van der Waals surface area (Å²) in [6.45, 7) is 0. The highest BCUT2D eigenvalue weighted by Gasteiger charge is 2.45. The Morgan fingerprint density at radius 1 is 1.18 bits per heavy atom. The van der Waals surface area contributed by atoms with Crippen molar-refractivity contribution in [1.82, 2.24) is 0 Å². The maximum Gasteiger partial charge on any atom is 0.0349 e. The fourth-order valence-electron chi connectivity index (χ4n) is 3.21. The second-order valence-electron chi connectivity index (χ2n) is 4.82. The van der Waals surface area contributed by atoms with Gasteiger partial charge in [0.2, 0.25) is 0 Å². The third kappa shape index (κ3) is 1.47. The van der Waals surface area contributed by atoms with Crippen LogP contribution in [0.4, 0.5) is 0 Å². The zero-order valence-electron chi connectivity index (χ0n) is 9.63. The van der Waals surface area contributed by atoms with Gasteiger partial charge in [0.15, 0.2) is 0 Å². The summed E-state index contributed by atoms with van der Waals surface area (Å²) in [6.07, 6.45) is 7.84. The molecule has 88 valence electrons. The van der Waals surface area contributed by atoms with E-state index in [9.17, 15) is 0 Å². The van der Waals surface area contributed by atoms with Crippen LogP contribution < -0.4 is 0 Å². The molecule has 2 aliphatic rings. The first kappa shape index (κ1) is 11.5. The Kier molecular flexibility index (Phi) is 2.87. The normalized spacial score (nSPS) is 24.1. The van der Waals surface area contributed by atoms with E-state index < -0.39 is 0 Å². The second kappa shape index (κ2) is 4.25. The van der Waals surface area contributed by atoms with Crippen molar-refractivity contribution in [3.05, 3.63) is 59.2 Å². The highest BCUT2D eigenvalue weighted by molar-refractivity contribution is 7.81. The number of thiol groups is 2. The molecule has 0 fully saturated rings. The van der Waals surface area contributed by atoms with Gasteiger partial charge >= 0.3 is 0 Å². The van der Waals surface area contributed by atoms with Crippen LogP contribution in [0.5, 0.6) is 0 Å². The van der Waals surface area contributed by atoms with E-state index in [1.165, 1.54) is 16.7 Å². The van der Waals surface area contributed by atoms with Gasteiger partial charge in [-0.2, -0.15) is 25.3 Å². The quantitative estimate of drug-likeness (QED) is 0.743. The van der Waals surface area contributed by atoms with Gasteiger partial charge in [-0.05, 0) is 17.5 Å². The van der Waals surface area contributed by atoms with E-state index in [1.54, 1.807) is 0 Å². The van der Waals surface area contributed by atoms with Gasteiger partial charge in [0, 0.05) is 22.8 Å². The molecule has 0 saturated heterocycles. The van der Waals surface area contributed by atoms with Gasteiger partial charge < -0.3 is 0 Å². The first-order chi connectivity index (χ1) is 8.33. The number of rotatable bonds is 2. The van der Waals surface area contributed by atoms with Crippen molar-refractivity contribution in [3.63, 3.8) is 0 Å². The number of allylic oxidation sites excluding steroid dienone is 4. The largest absolute Gasteiger partial charge is 0.178 e. The van der Waals surface area contributed by atoms with Crippen molar-refractivity contribution in [2.75, 3.05) is 11.5 Å². The minimum Gasteiger partial charge on any atom is -0.178 e. The minimum absolute atomic E-state index is 0.0399. The van der Waals surface area contributed by atoms with Gasteiger partial charge in [0.25, 0.3) is 0 Å². The number of hydrogen-bond donors (Lipinski definition) is 2. The summed E-state index contributed by atoms with van der Waals surface area (Å²) in [5.74, 6) is 2.23. The van der Waals surface area contributed by atoms with Crippen LogP contribution in [0.2, 0.25) is 0 Å². The molecule has 0 bridgehead atoms. The maximum atomic E-state index is 4.61. The zero-order valence-corrected chi connectivity index (χ0v) is 11.4. The summed E-state index contributed by atoms with van der Waals surface area (Å²) in [6, 6.07) is 8.79. The summed E-state index contributed by atoms with van der Waals surface area (Å²) in [4.78, 5) is 0. The van der Waals surface area contributed by atoms with Crippen molar-refractivity contribution in [2.45, 2.75) is 17.8 Å². The van der Waals surface area contributed by atoms with Gasteiger partial charge in [-0.3, -0.25) is 0 Å². The smallest absolute Gasteiger partial charge is 0.0349 e. The highest BCUT2D eigenvalue weighted by atomic mass is 32.1. The van der Waals surface area contributed by atoms with Crippen LogP contribution in [0.15, 0.2) is 48.1 Å². The number of fused-ring (bicyclic) bond motifs is 3. The van der Waals surface area contributed by atoms with Gasteiger partial charge in [0.1, 0.15) is 0 Å². The third-order valence-corrected chi connectivity index (χ3v) is 5.18. The highest BCUT2D eigenvalue weighted by Crippen LogP contribution is 2.53. The molecule has 3 rings (SSSR count). The molecule has 0 N–H and O–H groups in total. The van der Waals surface area contributed by atoms with Crippen LogP contribution >= 0.6 is 25.3 Å². The average Bonchev–Trinajstić information content (AvgIpc) is 2.70. The molecule has 1 aromatic carbocycles. The fourth-order valence-corrected chi connectivity index (χ4v) is 4.32. The van der Waals surface area contributed by atoms with E-state index in [4.69, 9.17) is 0 Å². The first-order valence-corrected chi connectivity index (χ1v) is 7.28. The lowest BCUT2D eigenvalue weighted by Gasteiger charge is -2.31. The lowest BCUT2D eigenvalue weighted by molar-refractivity contribution is 0.636. The van der Waals surface area contributed by atoms with Crippen molar-refractivity contribution in [3.8, 4) is 0 Å². The van der Waals surface area contributed by atoms with E-state index in [0.29, 0.717) is 5.92 Å². The molecule has 0 amide bonds. The van der Waals surface area contributed by atoms with Gasteiger partial charge in [-0.15, -0.1) is 0 Å². The molecule has 0 saturated carbocycles. The zero-order chi connectivity index (χ0) is 11.9. The van der Waals surface area contributed by atoms with E-state index in [-0.39, 0.29) is 5.41 Å². The molecule has 0 aromatic heterocycles. The SMILES string of the molecule is SCC1(CS)C2=CC=CCC2c2ccccc21. The Hall–Kier alpha value is -0.600.